The molecule has 1 N–H and O–H groups in total. The van der Waals surface area contributed by atoms with Crippen LogP contribution in [0.4, 0.5) is 0 Å². The predicted molar refractivity (Wildman–Crippen MR) is 97.4 cm³/mol. The van der Waals surface area contributed by atoms with Gasteiger partial charge in [0, 0.05) is 25.5 Å². The number of hydrogen-bond acceptors (Lipinski definition) is 4. The molecule has 2 atom stereocenters. The van der Waals surface area contributed by atoms with Crippen molar-refractivity contribution in [2.75, 3.05) is 0 Å². The molecule has 1 aromatic carbocycles. The van der Waals surface area contributed by atoms with Crippen molar-refractivity contribution in [1.82, 2.24) is 14.9 Å². The Balaban J connectivity index is 1.56. The van der Waals surface area contributed by atoms with Crippen molar-refractivity contribution in [3.05, 3.63) is 71.7 Å². The molecular formula is C20H25N3O2. The summed E-state index contributed by atoms with van der Waals surface area (Å²) in [6, 6.07) is 12.6. The zero-order valence-electron chi connectivity index (χ0n) is 15.2. The molecule has 0 amide bonds. The predicted octanol–water partition coefficient (Wildman–Crippen LogP) is 4.31. The van der Waals surface area contributed by atoms with E-state index in [1.54, 1.807) is 6.20 Å². The summed E-state index contributed by atoms with van der Waals surface area (Å²) in [7, 11) is 1.96. The second-order valence-corrected chi connectivity index (χ2v) is 6.37. The Morgan fingerprint density at radius 3 is 2.48 bits per heavy atom. The smallest absolute Gasteiger partial charge is 0.146 e. The van der Waals surface area contributed by atoms with E-state index in [2.05, 4.69) is 36.3 Å². The fourth-order valence-corrected chi connectivity index (χ4v) is 2.78. The Labute approximate surface area is 148 Å². The van der Waals surface area contributed by atoms with Crippen LogP contribution in [0.2, 0.25) is 0 Å². The highest BCUT2D eigenvalue weighted by Crippen LogP contribution is 2.23. The lowest BCUT2D eigenvalue weighted by atomic mass is 10.1. The third kappa shape index (κ3) is 4.31. The SMILES string of the molecule is Cc1ccc([C@@H](C)N[C@H](C)c2ccc(OCc3nccn3C)cc2)o1. The van der Waals surface area contributed by atoms with Gasteiger partial charge in [-0.05, 0) is 50.6 Å². The Kier molecular flexibility index (Phi) is 5.24. The van der Waals surface area contributed by atoms with Gasteiger partial charge < -0.3 is 19.0 Å². The molecule has 0 unspecified atom stereocenters. The first-order valence-corrected chi connectivity index (χ1v) is 8.54. The van der Waals surface area contributed by atoms with E-state index in [0.717, 1.165) is 23.1 Å². The molecular weight excluding hydrogens is 314 g/mol. The zero-order valence-corrected chi connectivity index (χ0v) is 15.2. The number of nitrogens with zero attached hydrogens (tertiary/aromatic N) is 2. The van der Waals surface area contributed by atoms with Gasteiger partial charge in [-0.25, -0.2) is 4.98 Å². The summed E-state index contributed by atoms with van der Waals surface area (Å²) in [5.41, 5.74) is 1.21. The van der Waals surface area contributed by atoms with E-state index in [9.17, 15) is 0 Å². The fraction of sp³-hybridized carbons (Fsp3) is 0.350. The van der Waals surface area contributed by atoms with Gasteiger partial charge in [0.1, 0.15) is 29.7 Å². The second-order valence-electron chi connectivity index (χ2n) is 6.37. The number of furan rings is 1. The molecule has 3 rings (SSSR count). The molecule has 0 radical (unpaired) electrons. The summed E-state index contributed by atoms with van der Waals surface area (Å²) in [6.45, 7) is 6.68. The van der Waals surface area contributed by atoms with Crippen LogP contribution in [0.15, 0.2) is 53.2 Å². The molecule has 132 valence electrons. The van der Waals surface area contributed by atoms with Gasteiger partial charge in [-0.2, -0.15) is 0 Å². The number of aryl methyl sites for hydroxylation is 2. The molecule has 0 aliphatic rings. The quantitative estimate of drug-likeness (QED) is 0.697. The van der Waals surface area contributed by atoms with Gasteiger partial charge in [-0.1, -0.05) is 12.1 Å². The Morgan fingerprint density at radius 2 is 1.88 bits per heavy atom. The molecule has 0 saturated heterocycles. The lowest BCUT2D eigenvalue weighted by molar-refractivity contribution is 0.291. The van der Waals surface area contributed by atoms with E-state index in [-0.39, 0.29) is 12.1 Å². The number of imidazole rings is 1. The molecule has 0 bridgehead atoms. The van der Waals surface area contributed by atoms with Crippen LogP contribution in [0.25, 0.3) is 0 Å². The highest BCUT2D eigenvalue weighted by Gasteiger charge is 2.14. The molecule has 0 spiro atoms. The average Bonchev–Trinajstić information content (AvgIpc) is 3.21. The summed E-state index contributed by atoms with van der Waals surface area (Å²) in [6.07, 6.45) is 3.69. The van der Waals surface area contributed by atoms with Crippen LogP contribution in [0.1, 0.15) is 48.8 Å². The summed E-state index contributed by atoms with van der Waals surface area (Å²) >= 11 is 0. The number of rotatable bonds is 7. The van der Waals surface area contributed by atoms with Crippen molar-refractivity contribution < 1.29 is 9.15 Å². The molecule has 2 heterocycles. The number of nitrogens with one attached hydrogen (secondary N) is 1. The first-order valence-electron chi connectivity index (χ1n) is 8.54. The van der Waals surface area contributed by atoms with Gasteiger partial charge in [0.15, 0.2) is 0 Å². The molecule has 0 aliphatic carbocycles. The fourth-order valence-electron chi connectivity index (χ4n) is 2.78. The van der Waals surface area contributed by atoms with Crippen LogP contribution >= 0.6 is 0 Å². The largest absolute Gasteiger partial charge is 0.486 e. The van der Waals surface area contributed by atoms with E-state index >= 15 is 0 Å². The van der Waals surface area contributed by atoms with Crippen molar-refractivity contribution in [3.63, 3.8) is 0 Å². The van der Waals surface area contributed by atoms with Crippen LogP contribution in [-0.2, 0) is 13.7 Å². The maximum absolute atomic E-state index is 5.80. The second kappa shape index (κ2) is 7.57. The number of benzene rings is 1. The van der Waals surface area contributed by atoms with Crippen molar-refractivity contribution in [3.8, 4) is 5.75 Å². The minimum atomic E-state index is 0.156. The van der Waals surface area contributed by atoms with Gasteiger partial charge in [-0.3, -0.25) is 0 Å². The molecule has 25 heavy (non-hydrogen) atoms. The molecule has 0 aliphatic heterocycles. The monoisotopic (exact) mass is 339 g/mol. The summed E-state index contributed by atoms with van der Waals surface area (Å²) < 4.78 is 13.4. The van der Waals surface area contributed by atoms with E-state index < -0.39 is 0 Å². The molecule has 0 saturated carbocycles. The van der Waals surface area contributed by atoms with Crippen LogP contribution in [0.3, 0.4) is 0 Å². The number of aromatic nitrogens is 2. The van der Waals surface area contributed by atoms with Crippen molar-refractivity contribution in [1.29, 1.82) is 0 Å². The summed E-state index contributed by atoms with van der Waals surface area (Å²) in [5, 5.41) is 3.56. The highest BCUT2D eigenvalue weighted by atomic mass is 16.5. The average molecular weight is 339 g/mol. The molecule has 2 aromatic heterocycles. The third-order valence-electron chi connectivity index (χ3n) is 4.36. The third-order valence-corrected chi connectivity index (χ3v) is 4.36. The van der Waals surface area contributed by atoms with Gasteiger partial charge in [0.2, 0.25) is 0 Å². The first-order chi connectivity index (χ1) is 12.0. The summed E-state index contributed by atoms with van der Waals surface area (Å²) in [5.74, 6) is 3.64. The maximum Gasteiger partial charge on any atom is 0.146 e. The van der Waals surface area contributed by atoms with Gasteiger partial charge >= 0.3 is 0 Å². The van der Waals surface area contributed by atoms with E-state index in [0.29, 0.717) is 6.61 Å². The van der Waals surface area contributed by atoms with Gasteiger partial charge in [0.05, 0.1) is 6.04 Å². The van der Waals surface area contributed by atoms with E-state index in [4.69, 9.17) is 9.15 Å². The first kappa shape index (κ1) is 17.3. The van der Waals surface area contributed by atoms with Gasteiger partial charge in [0.25, 0.3) is 0 Å². The maximum atomic E-state index is 5.80. The van der Waals surface area contributed by atoms with Crippen LogP contribution < -0.4 is 10.1 Å². The van der Waals surface area contributed by atoms with Crippen molar-refractivity contribution in [2.24, 2.45) is 7.05 Å². The van der Waals surface area contributed by atoms with Crippen molar-refractivity contribution >= 4 is 0 Å². The van der Waals surface area contributed by atoms with E-state index in [1.165, 1.54) is 5.56 Å². The molecule has 3 aromatic rings. The van der Waals surface area contributed by atoms with Crippen LogP contribution in [0.5, 0.6) is 5.75 Å². The number of ether oxygens (including phenoxy) is 1. The van der Waals surface area contributed by atoms with Crippen molar-refractivity contribution in [2.45, 2.75) is 39.5 Å². The summed E-state index contributed by atoms with van der Waals surface area (Å²) in [4.78, 5) is 4.26. The Hall–Kier alpha value is -2.53. The highest BCUT2D eigenvalue weighted by molar-refractivity contribution is 5.29. The lowest BCUT2D eigenvalue weighted by Crippen LogP contribution is -2.22. The molecule has 5 heteroatoms. The number of hydrogen-bond donors (Lipinski definition) is 1. The Bertz CT molecular complexity index is 804. The van der Waals surface area contributed by atoms with E-state index in [1.807, 2.05) is 49.0 Å². The minimum absolute atomic E-state index is 0.156. The van der Waals surface area contributed by atoms with Crippen LogP contribution in [0, 0.1) is 6.92 Å². The van der Waals surface area contributed by atoms with Gasteiger partial charge in [-0.15, -0.1) is 0 Å². The standard InChI is InChI=1S/C20H25N3O2/c1-14-5-10-19(25-14)16(3)22-15(2)17-6-8-18(9-7-17)24-13-20-21-11-12-23(20)4/h5-12,15-16,22H,13H2,1-4H3/t15-,16-/m1/s1. The van der Waals surface area contributed by atoms with Crippen LogP contribution in [-0.4, -0.2) is 9.55 Å². The topological polar surface area (TPSA) is 52.2 Å². The molecule has 5 nitrogen and oxygen atoms in total. The molecule has 0 fully saturated rings. The Morgan fingerprint density at radius 1 is 1.12 bits per heavy atom. The lowest BCUT2D eigenvalue weighted by Gasteiger charge is -2.19. The zero-order chi connectivity index (χ0) is 17.8. The minimum Gasteiger partial charge on any atom is -0.486 e. The normalized spacial score (nSPS) is 13.6.